The normalized spacial score (nSPS) is 17.7. The maximum absolute atomic E-state index is 11.8. The number of aromatic nitrogens is 2. The molecule has 6 nitrogen and oxygen atoms in total. The van der Waals surface area contributed by atoms with Gasteiger partial charge in [-0.3, -0.25) is 0 Å². The monoisotopic (exact) mass is 280 g/mol. The Kier molecular flexibility index (Phi) is 4.32. The largest absolute Gasteiger partial charge is 0.444 e. The molecule has 1 aliphatic heterocycles. The van der Waals surface area contributed by atoms with Crippen LogP contribution in [0.1, 0.15) is 27.7 Å². The number of imidazole rings is 1. The number of ether oxygens (including phenoxy) is 1. The van der Waals surface area contributed by atoms with Crippen molar-refractivity contribution in [3.63, 3.8) is 0 Å². The van der Waals surface area contributed by atoms with E-state index in [-0.39, 0.29) is 6.09 Å². The minimum absolute atomic E-state index is 0.224. The van der Waals surface area contributed by atoms with Crippen LogP contribution in [0.3, 0.4) is 0 Å². The fourth-order valence-corrected chi connectivity index (χ4v) is 2.23. The Hall–Kier alpha value is -1.56. The molecular weight excluding hydrogens is 256 g/mol. The average molecular weight is 280 g/mol. The molecule has 6 heteroatoms. The Labute approximate surface area is 120 Å². The molecule has 112 valence electrons. The van der Waals surface area contributed by atoms with Crippen LogP contribution in [0.25, 0.3) is 0 Å². The van der Waals surface area contributed by atoms with Gasteiger partial charge in [-0.25, -0.2) is 9.78 Å². The topological polar surface area (TPSA) is 59.4 Å². The van der Waals surface area contributed by atoms with Crippen LogP contribution in [0.2, 0.25) is 0 Å². The van der Waals surface area contributed by atoms with Crippen LogP contribution in [0.4, 0.5) is 4.79 Å². The van der Waals surface area contributed by atoms with Gasteiger partial charge in [0.05, 0.1) is 6.33 Å². The molecule has 1 aromatic rings. The molecule has 2 heterocycles. The lowest BCUT2D eigenvalue weighted by molar-refractivity contribution is 0.00416. The van der Waals surface area contributed by atoms with E-state index in [2.05, 4.69) is 17.2 Å². The van der Waals surface area contributed by atoms with Crippen molar-refractivity contribution in [2.75, 3.05) is 13.1 Å². The van der Waals surface area contributed by atoms with Crippen molar-refractivity contribution >= 4 is 6.09 Å². The van der Waals surface area contributed by atoms with Gasteiger partial charge in [-0.05, 0) is 27.7 Å². The number of hydrogen-bond acceptors (Lipinski definition) is 4. The summed E-state index contributed by atoms with van der Waals surface area (Å²) in [7, 11) is 0. The molecule has 0 aromatic carbocycles. The van der Waals surface area contributed by atoms with E-state index in [0.29, 0.717) is 25.2 Å². The molecule has 1 atom stereocenters. The number of carbonyl (C=O) groups excluding carboxylic acids is 1. The number of hydrogen-bond donors (Lipinski definition) is 1. The molecule has 20 heavy (non-hydrogen) atoms. The summed E-state index contributed by atoms with van der Waals surface area (Å²) in [6, 6.07) is 0.691. The molecule has 0 bridgehead atoms. The number of nitrogens with zero attached hydrogens (tertiary/aromatic N) is 3. The van der Waals surface area contributed by atoms with Gasteiger partial charge in [0.2, 0.25) is 0 Å². The summed E-state index contributed by atoms with van der Waals surface area (Å²) in [6.07, 6.45) is 5.32. The molecule has 1 amide bonds. The third kappa shape index (κ3) is 4.23. The van der Waals surface area contributed by atoms with Crippen molar-refractivity contribution in [1.29, 1.82) is 0 Å². The summed E-state index contributed by atoms with van der Waals surface area (Å²) in [5.41, 5.74) is -0.426. The summed E-state index contributed by atoms with van der Waals surface area (Å²) in [5.74, 6) is 0. The average Bonchev–Trinajstić information content (AvgIpc) is 2.72. The minimum atomic E-state index is -0.426. The highest BCUT2D eigenvalue weighted by Crippen LogP contribution is 2.15. The van der Waals surface area contributed by atoms with Gasteiger partial charge in [0.15, 0.2) is 0 Å². The second-order valence-corrected chi connectivity index (χ2v) is 6.41. The SMILES string of the molecule is CC(Cn1ccnc1)NC1CN(C(=O)OC(C)(C)C)C1. The second-order valence-electron chi connectivity index (χ2n) is 6.41. The predicted molar refractivity (Wildman–Crippen MR) is 76.4 cm³/mol. The molecule has 1 fully saturated rings. The van der Waals surface area contributed by atoms with Gasteiger partial charge in [0.25, 0.3) is 0 Å². The van der Waals surface area contributed by atoms with Crippen molar-refractivity contribution in [2.24, 2.45) is 0 Å². The highest BCUT2D eigenvalue weighted by molar-refractivity contribution is 5.69. The zero-order valence-electron chi connectivity index (χ0n) is 12.7. The Morgan fingerprint density at radius 3 is 2.75 bits per heavy atom. The van der Waals surface area contributed by atoms with Crippen molar-refractivity contribution in [2.45, 2.75) is 51.9 Å². The molecule has 1 aliphatic rings. The molecule has 1 aromatic heterocycles. The van der Waals surface area contributed by atoms with E-state index < -0.39 is 5.60 Å². The van der Waals surface area contributed by atoms with Crippen molar-refractivity contribution in [1.82, 2.24) is 19.8 Å². The summed E-state index contributed by atoms with van der Waals surface area (Å²) in [5, 5.41) is 3.50. The number of rotatable bonds is 4. The van der Waals surface area contributed by atoms with Gasteiger partial charge >= 0.3 is 6.09 Å². The molecule has 0 saturated carbocycles. The van der Waals surface area contributed by atoms with Crippen LogP contribution in [0.15, 0.2) is 18.7 Å². The van der Waals surface area contributed by atoms with E-state index in [0.717, 1.165) is 6.54 Å². The van der Waals surface area contributed by atoms with Gasteiger partial charge in [-0.1, -0.05) is 0 Å². The van der Waals surface area contributed by atoms with Gasteiger partial charge in [-0.2, -0.15) is 0 Å². The van der Waals surface area contributed by atoms with E-state index in [9.17, 15) is 4.79 Å². The molecule has 0 radical (unpaired) electrons. The molecule has 0 spiro atoms. The van der Waals surface area contributed by atoms with Crippen molar-refractivity contribution in [3.05, 3.63) is 18.7 Å². The van der Waals surface area contributed by atoms with Gasteiger partial charge in [0.1, 0.15) is 5.60 Å². The summed E-state index contributed by atoms with van der Waals surface area (Å²) in [4.78, 5) is 17.5. The lowest BCUT2D eigenvalue weighted by atomic mass is 10.1. The van der Waals surface area contributed by atoms with Gasteiger partial charge < -0.3 is 19.5 Å². The second kappa shape index (κ2) is 5.83. The van der Waals surface area contributed by atoms with Crippen LogP contribution in [-0.2, 0) is 11.3 Å². The first-order valence-corrected chi connectivity index (χ1v) is 7.03. The Bertz CT molecular complexity index is 433. The first-order valence-electron chi connectivity index (χ1n) is 7.03. The lowest BCUT2D eigenvalue weighted by Crippen LogP contribution is -2.62. The first-order chi connectivity index (χ1) is 9.33. The number of carbonyl (C=O) groups is 1. The van der Waals surface area contributed by atoms with Crippen LogP contribution < -0.4 is 5.32 Å². The Morgan fingerprint density at radius 2 is 2.20 bits per heavy atom. The van der Waals surface area contributed by atoms with E-state index >= 15 is 0 Å². The Balaban J connectivity index is 1.67. The molecular formula is C14H24N4O2. The zero-order valence-corrected chi connectivity index (χ0v) is 12.7. The number of nitrogens with one attached hydrogen (secondary N) is 1. The summed E-state index contributed by atoms with van der Waals surface area (Å²) >= 11 is 0. The molecule has 2 rings (SSSR count). The van der Waals surface area contributed by atoms with Crippen molar-refractivity contribution < 1.29 is 9.53 Å². The third-order valence-corrected chi connectivity index (χ3v) is 3.10. The summed E-state index contributed by atoms with van der Waals surface area (Å²) < 4.78 is 7.37. The maximum atomic E-state index is 11.8. The minimum Gasteiger partial charge on any atom is -0.444 e. The quantitative estimate of drug-likeness (QED) is 0.907. The molecule has 1 saturated heterocycles. The predicted octanol–water partition coefficient (Wildman–Crippen LogP) is 1.48. The molecule has 1 unspecified atom stereocenters. The number of amides is 1. The van der Waals surface area contributed by atoms with E-state index in [1.54, 1.807) is 11.1 Å². The van der Waals surface area contributed by atoms with E-state index in [4.69, 9.17) is 4.74 Å². The fourth-order valence-electron chi connectivity index (χ4n) is 2.23. The standard InChI is InChI=1S/C14H24N4O2/c1-11(7-17-6-5-15-10-17)16-12-8-18(9-12)13(19)20-14(2,3)4/h5-6,10-12,16H,7-9H2,1-4H3. The lowest BCUT2D eigenvalue weighted by Gasteiger charge is -2.41. The van der Waals surface area contributed by atoms with Gasteiger partial charge in [0, 0.05) is 44.1 Å². The Morgan fingerprint density at radius 1 is 1.50 bits per heavy atom. The van der Waals surface area contributed by atoms with E-state index in [1.807, 2.05) is 37.9 Å². The highest BCUT2D eigenvalue weighted by atomic mass is 16.6. The maximum Gasteiger partial charge on any atom is 0.410 e. The van der Waals surface area contributed by atoms with Crippen LogP contribution in [-0.4, -0.2) is 51.3 Å². The van der Waals surface area contributed by atoms with Crippen LogP contribution in [0.5, 0.6) is 0 Å². The highest BCUT2D eigenvalue weighted by Gasteiger charge is 2.34. The smallest absolute Gasteiger partial charge is 0.410 e. The van der Waals surface area contributed by atoms with Crippen LogP contribution in [0, 0.1) is 0 Å². The molecule has 1 N–H and O–H groups in total. The molecule has 0 aliphatic carbocycles. The van der Waals surface area contributed by atoms with E-state index in [1.165, 1.54) is 0 Å². The van der Waals surface area contributed by atoms with Crippen molar-refractivity contribution in [3.8, 4) is 0 Å². The summed E-state index contributed by atoms with van der Waals surface area (Å²) in [6.45, 7) is 10.1. The van der Waals surface area contributed by atoms with Gasteiger partial charge in [-0.15, -0.1) is 0 Å². The third-order valence-electron chi connectivity index (χ3n) is 3.10. The number of likely N-dealkylation sites (tertiary alicyclic amines) is 1. The van der Waals surface area contributed by atoms with Crippen LogP contribution >= 0.6 is 0 Å². The first kappa shape index (κ1) is 14.8. The zero-order chi connectivity index (χ0) is 14.8. The fraction of sp³-hybridized carbons (Fsp3) is 0.714.